The lowest BCUT2D eigenvalue weighted by atomic mass is 9.61. The molecule has 270 valence electrons. The van der Waals surface area contributed by atoms with Crippen molar-refractivity contribution in [1.29, 1.82) is 0 Å². The summed E-state index contributed by atoms with van der Waals surface area (Å²) in [6.45, 7) is 13.0. The lowest BCUT2D eigenvalue weighted by Gasteiger charge is -2.48. The van der Waals surface area contributed by atoms with Crippen LogP contribution >= 0.6 is 11.6 Å². The third-order valence-corrected chi connectivity index (χ3v) is 12.8. The molecular weight excluding hydrogens is 648 g/mol. The molecule has 0 amide bonds. The van der Waals surface area contributed by atoms with Gasteiger partial charge in [-0.15, -0.1) is 11.6 Å². The Morgan fingerprint density at radius 2 is 1.20 bits per heavy atom. The predicted octanol–water partition coefficient (Wildman–Crippen LogP) is 9.05. The van der Waals surface area contributed by atoms with E-state index < -0.39 is 11.0 Å². The summed E-state index contributed by atoms with van der Waals surface area (Å²) in [5.74, 6) is 0.557. The Morgan fingerprint density at radius 3 is 1.78 bits per heavy atom. The van der Waals surface area contributed by atoms with Gasteiger partial charge in [0.1, 0.15) is 5.60 Å². The number of nitrogens with zero attached hydrogens (tertiary/aromatic N) is 2. The van der Waals surface area contributed by atoms with Gasteiger partial charge in [-0.3, -0.25) is 4.79 Å². The summed E-state index contributed by atoms with van der Waals surface area (Å²) in [5, 5.41) is 12.7. The van der Waals surface area contributed by atoms with Crippen LogP contribution in [-0.4, -0.2) is 66.3 Å². The van der Waals surface area contributed by atoms with Crippen LogP contribution in [-0.2, 0) is 29.3 Å². The molecule has 51 heavy (non-hydrogen) atoms. The Kier molecular flexibility index (Phi) is 11.3. The van der Waals surface area contributed by atoms with E-state index in [2.05, 4.69) is 124 Å². The molecule has 5 heteroatoms. The highest BCUT2D eigenvalue weighted by molar-refractivity contribution is 6.20. The highest BCUT2D eigenvalue weighted by atomic mass is 35.5. The number of carbonyl (C=O) groups is 1. The monoisotopic (exact) mass is 704 g/mol. The number of hydrogen-bond acceptors (Lipinski definition) is 4. The van der Waals surface area contributed by atoms with E-state index in [4.69, 9.17) is 11.6 Å². The molecule has 2 saturated heterocycles. The number of ketones is 1. The molecule has 0 spiro atoms. The maximum Gasteiger partial charge on any atom is 0.173 e. The van der Waals surface area contributed by atoms with Crippen LogP contribution in [0.2, 0.25) is 0 Å². The summed E-state index contributed by atoms with van der Waals surface area (Å²) in [6.07, 6.45) is 6.17. The molecule has 0 saturated carbocycles. The number of fused-ring (bicyclic) bond motifs is 2. The number of halogens is 1. The molecule has 2 aliphatic carbocycles. The quantitative estimate of drug-likeness (QED) is 0.216. The zero-order valence-corrected chi connectivity index (χ0v) is 32.3. The normalized spacial score (nSPS) is 26.8. The topological polar surface area (TPSA) is 43.8 Å². The molecule has 0 bridgehead atoms. The van der Waals surface area contributed by atoms with Gasteiger partial charge in [-0.05, 0) is 133 Å². The van der Waals surface area contributed by atoms with Crippen LogP contribution in [0.25, 0.3) is 0 Å². The van der Waals surface area contributed by atoms with Gasteiger partial charge in [0, 0.05) is 16.4 Å². The molecule has 2 fully saturated rings. The summed E-state index contributed by atoms with van der Waals surface area (Å²) in [6, 6.07) is 33.6. The minimum absolute atomic E-state index is 0.253. The SMILES string of the molecule is CN1CCC(Cl)CC1.Cc1cccc(C2(C)Cc3ccccc3C2(O)C2CCN(C)CC2)c1.Cc1cccc(C2(C)Cc3ccccc3C2=O)c1. The van der Waals surface area contributed by atoms with Crippen molar-refractivity contribution in [2.45, 2.75) is 88.0 Å². The fourth-order valence-electron chi connectivity index (χ4n) is 9.12. The summed E-state index contributed by atoms with van der Waals surface area (Å²) >= 11 is 5.86. The van der Waals surface area contributed by atoms with Crippen LogP contribution in [0.4, 0.5) is 0 Å². The number of aliphatic hydroxyl groups is 1. The molecule has 3 atom stereocenters. The van der Waals surface area contributed by atoms with Gasteiger partial charge in [-0.2, -0.15) is 0 Å². The Balaban J connectivity index is 0.000000150. The van der Waals surface area contributed by atoms with Crippen molar-refractivity contribution in [2.75, 3.05) is 40.3 Å². The molecule has 0 radical (unpaired) electrons. The first-order valence-electron chi connectivity index (χ1n) is 18.9. The number of hydrogen-bond donors (Lipinski definition) is 1. The highest BCUT2D eigenvalue weighted by Gasteiger charge is 2.58. The second kappa shape index (κ2) is 15.4. The third kappa shape index (κ3) is 7.49. The van der Waals surface area contributed by atoms with E-state index in [0.29, 0.717) is 11.3 Å². The van der Waals surface area contributed by atoms with Gasteiger partial charge in [0.25, 0.3) is 0 Å². The minimum Gasteiger partial charge on any atom is -0.384 e. The van der Waals surface area contributed by atoms with Gasteiger partial charge < -0.3 is 14.9 Å². The van der Waals surface area contributed by atoms with Gasteiger partial charge in [-0.1, -0.05) is 115 Å². The van der Waals surface area contributed by atoms with E-state index in [1.807, 2.05) is 24.3 Å². The average molecular weight is 705 g/mol. The van der Waals surface area contributed by atoms with Gasteiger partial charge in [0.2, 0.25) is 0 Å². The number of aryl methyl sites for hydroxylation is 2. The molecule has 3 unspecified atom stereocenters. The van der Waals surface area contributed by atoms with Crippen molar-refractivity contribution >= 4 is 17.4 Å². The molecule has 4 nitrogen and oxygen atoms in total. The van der Waals surface area contributed by atoms with Crippen LogP contribution in [0.3, 0.4) is 0 Å². The molecular formula is C46H57ClN2O2. The molecule has 8 rings (SSSR count). The maximum absolute atomic E-state index is 12.6. The van der Waals surface area contributed by atoms with E-state index >= 15 is 0 Å². The van der Waals surface area contributed by atoms with E-state index in [1.165, 1.54) is 40.9 Å². The maximum atomic E-state index is 12.6. The van der Waals surface area contributed by atoms with Crippen LogP contribution in [0.1, 0.15) is 88.8 Å². The Hall–Kier alpha value is -3.28. The molecule has 4 aromatic carbocycles. The number of rotatable bonds is 3. The molecule has 2 aliphatic heterocycles. The molecule has 2 heterocycles. The minimum atomic E-state index is -0.793. The van der Waals surface area contributed by atoms with Crippen LogP contribution in [0.15, 0.2) is 97.1 Å². The Labute approximate surface area is 311 Å². The third-order valence-electron chi connectivity index (χ3n) is 12.4. The Morgan fingerprint density at radius 1 is 0.667 bits per heavy atom. The number of alkyl halides is 1. The van der Waals surface area contributed by atoms with Gasteiger partial charge in [0.05, 0.1) is 5.41 Å². The van der Waals surface area contributed by atoms with E-state index in [0.717, 1.165) is 68.3 Å². The lowest BCUT2D eigenvalue weighted by Crippen LogP contribution is -2.52. The Bertz CT molecular complexity index is 1810. The number of piperidine rings is 2. The first kappa shape index (κ1) is 37.5. The van der Waals surface area contributed by atoms with E-state index in [1.54, 1.807) is 0 Å². The van der Waals surface area contributed by atoms with Crippen molar-refractivity contribution in [3.8, 4) is 0 Å². The summed E-state index contributed by atoms with van der Waals surface area (Å²) < 4.78 is 0. The van der Waals surface area contributed by atoms with Crippen LogP contribution < -0.4 is 0 Å². The predicted molar refractivity (Wildman–Crippen MR) is 212 cm³/mol. The molecule has 4 aromatic rings. The zero-order chi connectivity index (χ0) is 36.4. The second-order valence-electron chi connectivity index (χ2n) is 16.2. The van der Waals surface area contributed by atoms with E-state index in [-0.39, 0.29) is 11.2 Å². The standard InChI is InChI=1S/C23H29NO.C17H16O.C6H12ClN/c1-17-7-6-9-20(15-17)22(2)16-18-8-4-5-10-21(18)23(22,25)19-11-13-24(3)14-12-19;1-12-6-5-8-14(10-12)17(2)11-13-7-3-4-9-15(13)16(17)18;1-8-4-2-6(7)3-5-8/h4-10,15,19,25H,11-14,16H2,1-3H3;3-10H,11H2,1-2H3;6H,2-5H2,1H3. The van der Waals surface area contributed by atoms with Gasteiger partial charge in [0.15, 0.2) is 5.78 Å². The van der Waals surface area contributed by atoms with Crippen molar-refractivity contribution in [2.24, 2.45) is 5.92 Å². The number of benzene rings is 4. The van der Waals surface area contributed by atoms with Crippen LogP contribution in [0.5, 0.6) is 0 Å². The number of carbonyl (C=O) groups excluding carboxylic acids is 1. The van der Waals surface area contributed by atoms with Crippen LogP contribution in [0, 0.1) is 19.8 Å². The van der Waals surface area contributed by atoms with Crippen molar-refractivity contribution in [3.63, 3.8) is 0 Å². The molecule has 4 aliphatic rings. The summed E-state index contributed by atoms with van der Waals surface area (Å²) in [5.41, 5.74) is 7.94. The van der Waals surface area contributed by atoms with Crippen molar-refractivity contribution in [3.05, 3.63) is 142 Å². The summed E-state index contributed by atoms with van der Waals surface area (Å²) in [4.78, 5) is 17.3. The number of likely N-dealkylation sites (tertiary alicyclic amines) is 2. The average Bonchev–Trinajstić information content (AvgIpc) is 3.54. The van der Waals surface area contributed by atoms with Gasteiger partial charge >= 0.3 is 0 Å². The first-order valence-corrected chi connectivity index (χ1v) is 19.4. The smallest absolute Gasteiger partial charge is 0.173 e. The second-order valence-corrected chi connectivity index (χ2v) is 16.8. The summed E-state index contributed by atoms with van der Waals surface area (Å²) in [7, 11) is 4.32. The van der Waals surface area contributed by atoms with E-state index in [9.17, 15) is 9.90 Å². The fraction of sp³-hybridized carbons (Fsp3) is 0.457. The van der Waals surface area contributed by atoms with Crippen molar-refractivity contribution in [1.82, 2.24) is 9.80 Å². The largest absolute Gasteiger partial charge is 0.384 e. The van der Waals surface area contributed by atoms with Gasteiger partial charge in [-0.25, -0.2) is 0 Å². The number of Topliss-reactive ketones (excluding diaryl/α,β-unsaturated/α-hetero) is 1. The first-order chi connectivity index (χ1) is 24.3. The lowest BCUT2D eigenvalue weighted by molar-refractivity contribution is -0.0949. The molecule has 0 aromatic heterocycles. The fourth-order valence-corrected chi connectivity index (χ4v) is 9.31. The highest BCUT2D eigenvalue weighted by Crippen LogP contribution is 2.57. The zero-order valence-electron chi connectivity index (χ0n) is 31.6. The van der Waals surface area contributed by atoms with Crippen molar-refractivity contribution < 1.29 is 9.90 Å². The molecule has 1 N–H and O–H groups in total.